The van der Waals surface area contributed by atoms with Gasteiger partial charge in [0.25, 0.3) is 0 Å². The van der Waals surface area contributed by atoms with Crippen LogP contribution < -0.4 is 10.1 Å². The zero-order valence-electron chi connectivity index (χ0n) is 10.6. The molecule has 7 heteroatoms. The fourth-order valence-corrected chi connectivity index (χ4v) is 1.71. The molecule has 3 nitrogen and oxygen atoms in total. The number of benzene rings is 2. The first kappa shape index (κ1) is 15.0. The van der Waals surface area contributed by atoms with Crippen molar-refractivity contribution in [2.45, 2.75) is 13.2 Å². The minimum absolute atomic E-state index is 0.0296. The lowest BCUT2D eigenvalue weighted by molar-refractivity contribution is -0.0498. The predicted molar refractivity (Wildman–Crippen MR) is 68.4 cm³/mol. The Morgan fingerprint density at radius 1 is 1.10 bits per heavy atom. The Balaban J connectivity index is 2.06. The van der Waals surface area contributed by atoms with Crippen LogP contribution in [0.3, 0.4) is 0 Å². The van der Waals surface area contributed by atoms with Crippen LogP contribution in [-0.2, 0) is 6.54 Å². The highest BCUT2D eigenvalue weighted by atomic mass is 19.3. The highest BCUT2D eigenvalue weighted by molar-refractivity contribution is 5.48. The van der Waals surface area contributed by atoms with Gasteiger partial charge in [0.15, 0.2) is 17.4 Å². The van der Waals surface area contributed by atoms with E-state index in [1.165, 1.54) is 18.2 Å². The van der Waals surface area contributed by atoms with Crippen molar-refractivity contribution >= 4 is 5.69 Å². The van der Waals surface area contributed by atoms with Gasteiger partial charge in [-0.2, -0.15) is 8.78 Å². The van der Waals surface area contributed by atoms with Gasteiger partial charge in [-0.1, -0.05) is 6.07 Å². The number of alkyl halides is 2. The first-order chi connectivity index (χ1) is 9.95. The number of phenols is 1. The maximum absolute atomic E-state index is 13.2. The SMILES string of the molecule is Oc1c(F)cc(CNc2cccc(OC(F)F)c2)cc1F. The number of halogens is 4. The summed E-state index contributed by atoms with van der Waals surface area (Å²) in [6.45, 7) is -2.88. The summed E-state index contributed by atoms with van der Waals surface area (Å²) >= 11 is 0. The van der Waals surface area contributed by atoms with Crippen LogP contribution in [0.4, 0.5) is 23.2 Å². The van der Waals surface area contributed by atoms with Gasteiger partial charge in [0.2, 0.25) is 0 Å². The average molecular weight is 301 g/mol. The van der Waals surface area contributed by atoms with E-state index < -0.39 is 24.0 Å². The molecule has 2 rings (SSSR count). The third kappa shape index (κ3) is 4.01. The smallest absolute Gasteiger partial charge is 0.387 e. The second-order valence-electron chi connectivity index (χ2n) is 4.17. The maximum atomic E-state index is 13.2. The van der Waals surface area contributed by atoms with Crippen molar-refractivity contribution in [3.05, 3.63) is 53.6 Å². The highest BCUT2D eigenvalue weighted by Crippen LogP contribution is 2.23. The van der Waals surface area contributed by atoms with Gasteiger partial charge < -0.3 is 15.2 Å². The van der Waals surface area contributed by atoms with Gasteiger partial charge in [-0.05, 0) is 29.8 Å². The molecule has 0 saturated heterocycles. The quantitative estimate of drug-likeness (QED) is 0.823. The van der Waals surface area contributed by atoms with E-state index in [1.54, 1.807) is 6.07 Å². The van der Waals surface area contributed by atoms with E-state index in [-0.39, 0.29) is 17.9 Å². The fraction of sp³-hybridized carbons (Fsp3) is 0.143. The van der Waals surface area contributed by atoms with E-state index in [1.807, 2.05) is 0 Å². The normalized spacial score (nSPS) is 10.7. The van der Waals surface area contributed by atoms with Crippen molar-refractivity contribution in [1.82, 2.24) is 0 Å². The molecule has 0 bridgehead atoms. The van der Waals surface area contributed by atoms with Gasteiger partial charge in [-0.25, -0.2) is 8.78 Å². The van der Waals surface area contributed by atoms with Crippen LogP contribution >= 0.6 is 0 Å². The van der Waals surface area contributed by atoms with Crippen molar-refractivity contribution in [1.29, 1.82) is 0 Å². The van der Waals surface area contributed by atoms with Gasteiger partial charge in [0.05, 0.1) is 0 Å². The van der Waals surface area contributed by atoms with Crippen LogP contribution in [0.2, 0.25) is 0 Å². The Kier molecular flexibility index (Phi) is 4.52. The molecule has 2 N–H and O–H groups in total. The first-order valence-electron chi connectivity index (χ1n) is 5.91. The summed E-state index contributed by atoms with van der Waals surface area (Å²) in [7, 11) is 0. The fourth-order valence-electron chi connectivity index (χ4n) is 1.71. The zero-order chi connectivity index (χ0) is 15.4. The molecular weight excluding hydrogens is 290 g/mol. The number of ether oxygens (including phenoxy) is 1. The number of hydrogen-bond donors (Lipinski definition) is 2. The van der Waals surface area contributed by atoms with Gasteiger partial charge in [0, 0.05) is 18.3 Å². The molecule has 0 aromatic heterocycles. The van der Waals surface area contributed by atoms with Crippen LogP contribution in [0.25, 0.3) is 0 Å². The lowest BCUT2D eigenvalue weighted by atomic mass is 10.2. The summed E-state index contributed by atoms with van der Waals surface area (Å²) in [6.07, 6.45) is 0. The molecule has 2 aromatic carbocycles. The molecule has 112 valence electrons. The molecule has 0 radical (unpaired) electrons. The molecule has 21 heavy (non-hydrogen) atoms. The molecule has 0 atom stereocenters. The number of nitrogens with one attached hydrogen (secondary N) is 1. The third-order valence-corrected chi connectivity index (χ3v) is 2.63. The minimum Gasteiger partial charge on any atom is -0.503 e. The second kappa shape index (κ2) is 6.34. The van der Waals surface area contributed by atoms with Crippen molar-refractivity contribution in [2.75, 3.05) is 5.32 Å². The van der Waals surface area contributed by atoms with Crippen molar-refractivity contribution < 1.29 is 27.4 Å². The van der Waals surface area contributed by atoms with Crippen LogP contribution in [-0.4, -0.2) is 11.7 Å². The second-order valence-corrected chi connectivity index (χ2v) is 4.17. The number of phenolic OH excluding ortho intramolecular Hbond substituents is 1. The van der Waals surface area contributed by atoms with Gasteiger partial charge in [-0.3, -0.25) is 0 Å². The number of hydrogen-bond acceptors (Lipinski definition) is 3. The first-order valence-corrected chi connectivity index (χ1v) is 5.91. The molecule has 0 fully saturated rings. The number of anilines is 1. The molecule has 0 saturated carbocycles. The topological polar surface area (TPSA) is 41.5 Å². The van der Waals surface area contributed by atoms with E-state index in [0.29, 0.717) is 5.69 Å². The maximum Gasteiger partial charge on any atom is 0.387 e. The summed E-state index contributed by atoms with van der Waals surface area (Å²) in [4.78, 5) is 0. The van der Waals surface area contributed by atoms with Crippen LogP contribution in [0.5, 0.6) is 11.5 Å². The molecule has 0 spiro atoms. The van der Waals surface area contributed by atoms with Crippen molar-refractivity contribution in [3.8, 4) is 11.5 Å². The zero-order valence-corrected chi connectivity index (χ0v) is 10.6. The predicted octanol–water partition coefficient (Wildman–Crippen LogP) is 3.88. The monoisotopic (exact) mass is 301 g/mol. The number of rotatable bonds is 5. The number of aromatic hydroxyl groups is 1. The molecule has 0 aliphatic carbocycles. The lowest BCUT2D eigenvalue weighted by Gasteiger charge is -2.10. The van der Waals surface area contributed by atoms with E-state index in [2.05, 4.69) is 10.1 Å². The highest BCUT2D eigenvalue weighted by Gasteiger charge is 2.09. The Bertz CT molecular complexity index is 611. The largest absolute Gasteiger partial charge is 0.503 e. The van der Waals surface area contributed by atoms with E-state index >= 15 is 0 Å². The Hall–Kier alpha value is -2.44. The van der Waals surface area contributed by atoms with Crippen LogP contribution in [0, 0.1) is 11.6 Å². The average Bonchev–Trinajstić information content (AvgIpc) is 2.42. The third-order valence-electron chi connectivity index (χ3n) is 2.63. The minimum atomic E-state index is -2.93. The van der Waals surface area contributed by atoms with Gasteiger partial charge >= 0.3 is 6.61 Å². The standard InChI is InChI=1S/C14H11F4NO2/c15-11-4-8(5-12(16)13(11)20)7-19-9-2-1-3-10(6-9)21-14(17)18/h1-6,14,19-20H,7H2. The van der Waals surface area contributed by atoms with E-state index in [0.717, 1.165) is 12.1 Å². The summed E-state index contributed by atoms with van der Waals surface area (Å²) in [5, 5.41) is 11.8. The van der Waals surface area contributed by atoms with Crippen LogP contribution in [0.15, 0.2) is 36.4 Å². The summed E-state index contributed by atoms with van der Waals surface area (Å²) in [5.41, 5.74) is 0.699. The molecule has 0 unspecified atom stereocenters. The molecule has 0 amide bonds. The molecule has 2 aromatic rings. The summed E-state index contributed by atoms with van der Waals surface area (Å²) in [6, 6.07) is 7.73. The van der Waals surface area contributed by atoms with Crippen molar-refractivity contribution in [3.63, 3.8) is 0 Å². The molecule has 0 heterocycles. The van der Waals surface area contributed by atoms with Gasteiger partial charge in [0.1, 0.15) is 5.75 Å². The molecule has 0 aliphatic rings. The van der Waals surface area contributed by atoms with Crippen molar-refractivity contribution in [2.24, 2.45) is 0 Å². The van der Waals surface area contributed by atoms with E-state index in [4.69, 9.17) is 5.11 Å². The lowest BCUT2D eigenvalue weighted by Crippen LogP contribution is -2.04. The Morgan fingerprint density at radius 3 is 2.38 bits per heavy atom. The summed E-state index contributed by atoms with van der Waals surface area (Å²) < 4.78 is 54.7. The van der Waals surface area contributed by atoms with Crippen LogP contribution in [0.1, 0.15) is 5.56 Å². The Labute approximate surface area is 117 Å². The summed E-state index contributed by atoms with van der Waals surface area (Å²) in [5.74, 6) is -3.20. The molecule has 0 aliphatic heterocycles. The molecular formula is C14H11F4NO2. The van der Waals surface area contributed by atoms with E-state index in [9.17, 15) is 17.6 Å². The Morgan fingerprint density at radius 2 is 1.76 bits per heavy atom. The van der Waals surface area contributed by atoms with Gasteiger partial charge in [-0.15, -0.1) is 0 Å².